The molecule has 1 aromatic heterocycles. The van der Waals surface area contributed by atoms with Crippen molar-refractivity contribution in [1.29, 1.82) is 0 Å². The van der Waals surface area contributed by atoms with E-state index in [1.165, 1.54) is 35.6 Å². The Hall–Kier alpha value is -3.09. The lowest BCUT2D eigenvalue weighted by Crippen LogP contribution is -2.47. The maximum atomic E-state index is 12.5. The Morgan fingerprint density at radius 1 is 1.21 bits per heavy atom. The molecule has 1 fully saturated rings. The maximum Gasteiger partial charge on any atom is 0.269 e. The highest BCUT2D eigenvalue weighted by molar-refractivity contribution is 8.26. The molecule has 148 valence electrons. The van der Waals surface area contributed by atoms with Gasteiger partial charge in [-0.2, -0.15) is 0 Å². The van der Waals surface area contributed by atoms with E-state index in [4.69, 9.17) is 12.2 Å². The fourth-order valence-electron chi connectivity index (χ4n) is 2.26. The summed E-state index contributed by atoms with van der Waals surface area (Å²) in [6.45, 7) is -0.354. The highest BCUT2D eigenvalue weighted by Crippen LogP contribution is 2.32. The van der Waals surface area contributed by atoms with Crippen molar-refractivity contribution in [2.24, 2.45) is 0 Å². The van der Waals surface area contributed by atoms with E-state index in [0.29, 0.717) is 4.91 Å². The minimum atomic E-state index is -0.656. The van der Waals surface area contributed by atoms with Crippen LogP contribution in [0.3, 0.4) is 0 Å². The van der Waals surface area contributed by atoms with Gasteiger partial charge in [0.1, 0.15) is 10.9 Å². The van der Waals surface area contributed by atoms with Crippen LogP contribution >= 0.6 is 35.3 Å². The van der Waals surface area contributed by atoms with Gasteiger partial charge in [-0.05, 0) is 29.7 Å². The largest absolute Gasteiger partial charge is 0.283 e. The Labute approximate surface area is 177 Å². The second kappa shape index (κ2) is 8.94. The first-order valence-electron chi connectivity index (χ1n) is 7.97. The van der Waals surface area contributed by atoms with Crippen LogP contribution in [0.1, 0.15) is 15.2 Å². The normalized spacial score (nSPS) is 14.9. The molecule has 0 spiro atoms. The zero-order valence-electron chi connectivity index (χ0n) is 14.5. The molecule has 0 saturated carbocycles. The van der Waals surface area contributed by atoms with Crippen molar-refractivity contribution >= 4 is 69.1 Å². The van der Waals surface area contributed by atoms with Gasteiger partial charge in [0.15, 0.2) is 0 Å². The van der Waals surface area contributed by atoms with Gasteiger partial charge in [-0.25, -0.2) is 0 Å². The number of nitro groups is 1. The van der Waals surface area contributed by atoms with Crippen LogP contribution in [0.5, 0.6) is 0 Å². The number of benzene rings is 1. The van der Waals surface area contributed by atoms with Gasteiger partial charge < -0.3 is 0 Å². The van der Waals surface area contributed by atoms with E-state index < -0.39 is 16.7 Å². The van der Waals surface area contributed by atoms with E-state index in [-0.39, 0.29) is 28.0 Å². The molecule has 1 aliphatic rings. The number of carbonyl (C=O) groups excluding carboxylic acids is 3. The predicted octanol–water partition coefficient (Wildman–Crippen LogP) is 2.32. The minimum absolute atomic E-state index is 0.125. The van der Waals surface area contributed by atoms with Gasteiger partial charge in [0, 0.05) is 22.6 Å². The molecular weight excluding hydrogens is 436 g/mol. The van der Waals surface area contributed by atoms with E-state index in [1.54, 1.807) is 6.08 Å². The Kier molecular flexibility index (Phi) is 6.36. The van der Waals surface area contributed by atoms with Crippen molar-refractivity contribution in [2.45, 2.75) is 0 Å². The number of hydrogen-bond acceptors (Lipinski definition) is 8. The van der Waals surface area contributed by atoms with E-state index in [0.717, 1.165) is 21.5 Å². The highest BCUT2D eigenvalue weighted by atomic mass is 32.2. The third kappa shape index (κ3) is 5.04. The van der Waals surface area contributed by atoms with Crippen molar-refractivity contribution in [1.82, 2.24) is 15.8 Å². The van der Waals surface area contributed by atoms with E-state index in [2.05, 4.69) is 10.9 Å². The zero-order valence-corrected chi connectivity index (χ0v) is 16.9. The monoisotopic (exact) mass is 448 g/mol. The second-order valence-corrected chi connectivity index (χ2v) is 8.24. The number of non-ortho nitro benzene ring substituents is 1. The van der Waals surface area contributed by atoms with Crippen LogP contribution in [0, 0.1) is 10.1 Å². The van der Waals surface area contributed by atoms with E-state index >= 15 is 0 Å². The number of hydrogen-bond donors (Lipinski definition) is 2. The number of thiophene rings is 1. The fraction of sp³-hybridized carbons (Fsp3) is 0.0588. The molecule has 0 bridgehead atoms. The summed E-state index contributed by atoms with van der Waals surface area (Å²) >= 11 is 7.73. The van der Waals surface area contributed by atoms with Gasteiger partial charge in [0.25, 0.3) is 23.4 Å². The third-order valence-electron chi connectivity index (χ3n) is 3.65. The van der Waals surface area contributed by atoms with Crippen LogP contribution in [0.25, 0.3) is 6.08 Å². The first-order chi connectivity index (χ1) is 13.8. The number of carbonyl (C=O) groups is 3. The lowest BCUT2D eigenvalue weighted by Gasteiger charge is -2.14. The summed E-state index contributed by atoms with van der Waals surface area (Å²) in [6.07, 6.45) is 1.71. The molecule has 3 rings (SSSR count). The van der Waals surface area contributed by atoms with E-state index in [9.17, 15) is 24.5 Å². The molecule has 29 heavy (non-hydrogen) atoms. The van der Waals surface area contributed by atoms with E-state index in [1.807, 2.05) is 17.5 Å². The molecule has 2 N–H and O–H groups in total. The molecule has 3 amide bonds. The van der Waals surface area contributed by atoms with Crippen LogP contribution in [0.2, 0.25) is 0 Å². The van der Waals surface area contributed by atoms with Crippen molar-refractivity contribution in [3.8, 4) is 0 Å². The van der Waals surface area contributed by atoms with Gasteiger partial charge in [-0.1, -0.05) is 30.0 Å². The molecule has 12 heteroatoms. The first-order valence-corrected chi connectivity index (χ1v) is 10.1. The Bertz CT molecular complexity index is 1020. The number of thiocarbonyl (C=S) groups is 1. The quantitative estimate of drug-likeness (QED) is 0.312. The maximum absolute atomic E-state index is 12.5. The van der Waals surface area contributed by atoms with Crippen LogP contribution in [-0.4, -0.2) is 38.4 Å². The Balaban J connectivity index is 1.55. The second-order valence-electron chi connectivity index (χ2n) is 5.59. The molecule has 0 unspecified atom stereocenters. The summed E-state index contributed by atoms with van der Waals surface area (Å²) in [5, 5.41) is 12.5. The zero-order chi connectivity index (χ0) is 21.0. The number of nitrogens with one attached hydrogen (secondary N) is 2. The molecule has 9 nitrogen and oxygen atoms in total. The smallest absolute Gasteiger partial charge is 0.269 e. The molecule has 1 aliphatic heterocycles. The average molecular weight is 449 g/mol. The summed E-state index contributed by atoms with van der Waals surface area (Å²) in [6, 6.07) is 8.59. The van der Waals surface area contributed by atoms with Crippen LogP contribution in [-0.2, 0) is 9.59 Å². The minimum Gasteiger partial charge on any atom is -0.283 e. The SMILES string of the molecule is O=C(CN1C(=O)C(=Cc2cccs2)SC1=S)NNC(=O)c1ccc([N+](=O)[O-])cc1. The Morgan fingerprint density at radius 3 is 2.55 bits per heavy atom. The lowest BCUT2D eigenvalue weighted by atomic mass is 10.2. The van der Waals surface area contributed by atoms with Gasteiger partial charge >= 0.3 is 0 Å². The van der Waals surface area contributed by atoms with Gasteiger partial charge in [-0.15, -0.1) is 11.3 Å². The van der Waals surface area contributed by atoms with Gasteiger partial charge in [0.2, 0.25) is 0 Å². The number of nitrogens with zero attached hydrogens (tertiary/aromatic N) is 2. The van der Waals surface area contributed by atoms with Crippen molar-refractivity contribution in [3.05, 3.63) is 67.2 Å². The lowest BCUT2D eigenvalue weighted by molar-refractivity contribution is -0.384. The van der Waals surface area contributed by atoms with Crippen LogP contribution in [0.15, 0.2) is 46.7 Å². The molecule has 1 saturated heterocycles. The topological polar surface area (TPSA) is 122 Å². The Morgan fingerprint density at radius 2 is 1.93 bits per heavy atom. The molecule has 2 heterocycles. The number of amides is 3. The summed E-state index contributed by atoms with van der Waals surface area (Å²) in [4.78, 5) is 49.1. The third-order valence-corrected chi connectivity index (χ3v) is 5.84. The average Bonchev–Trinajstić information content (AvgIpc) is 3.30. The summed E-state index contributed by atoms with van der Waals surface area (Å²) in [5.41, 5.74) is 4.35. The number of thioether (sulfide) groups is 1. The van der Waals surface area contributed by atoms with Gasteiger partial charge in [0.05, 0.1) is 9.83 Å². The summed E-state index contributed by atoms with van der Waals surface area (Å²) in [7, 11) is 0. The summed E-state index contributed by atoms with van der Waals surface area (Å²) < 4.78 is 0.245. The van der Waals surface area contributed by atoms with Crippen molar-refractivity contribution < 1.29 is 19.3 Å². The molecule has 0 atom stereocenters. The fourth-order valence-corrected chi connectivity index (χ4v) is 4.23. The highest BCUT2D eigenvalue weighted by Gasteiger charge is 2.33. The predicted molar refractivity (Wildman–Crippen MR) is 113 cm³/mol. The summed E-state index contributed by atoms with van der Waals surface area (Å²) in [5.74, 6) is -1.68. The van der Waals surface area contributed by atoms with Crippen molar-refractivity contribution in [3.63, 3.8) is 0 Å². The number of nitro benzene ring substituents is 1. The number of hydrazine groups is 1. The molecular formula is C17H12N4O5S3. The van der Waals surface area contributed by atoms with Crippen molar-refractivity contribution in [2.75, 3.05) is 6.54 Å². The first kappa shape index (κ1) is 20.6. The molecule has 0 aliphatic carbocycles. The number of rotatable bonds is 5. The van der Waals surface area contributed by atoms with Gasteiger partial charge in [-0.3, -0.25) is 40.2 Å². The molecule has 0 radical (unpaired) electrons. The van der Waals surface area contributed by atoms with Crippen LogP contribution in [0.4, 0.5) is 5.69 Å². The molecule has 2 aromatic rings. The standard InChI is InChI=1S/C17H12N4O5S3/c22-14(18-19-15(23)10-3-5-11(6-4-10)21(25)26)9-20-16(24)13(29-17(20)27)8-12-2-1-7-28-12/h1-8H,9H2,(H,18,22)(H,19,23). The van der Waals surface area contributed by atoms with Crippen LogP contribution < -0.4 is 10.9 Å². The molecule has 1 aromatic carbocycles.